The highest BCUT2D eigenvalue weighted by molar-refractivity contribution is 5.78. The molecule has 3 nitrogen and oxygen atoms in total. The topological polar surface area (TPSA) is 38.3 Å². The number of unbranched alkanes of at least 4 members (excludes halogenated alkanes) is 3. The van der Waals surface area contributed by atoms with Crippen molar-refractivity contribution in [3.63, 3.8) is 0 Å². The van der Waals surface area contributed by atoms with E-state index < -0.39 is 0 Å². The fourth-order valence-corrected chi connectivity index (χ4v) is 1.47. The van der Waals surface area contributed by atoms with Crippen molar-refractivity contribution in [3.05, 3.63) is 0 Å². The third-order valence-electron chi connectivity index (χ3n) is 2.27. The zero-order valence-corrected chi connectivity index (χ0v) is 8.34. The van der Waals surface area contributed by atoms with Crippen LogP contribution in [-0.2, 0) is 9.53 Å². The van der Waals surface area contributed by atoms with E-state index in [9.17, 15) is 4.79 Å². The van der Waals surface area contributed by atoms with Crippen LogP contribution < -0.4 is 5.32 Å². The maximum Gasteiger partial charge on any atom is 0.222 e. The van der Waals surface area contributed by atoms with E-state index in [1.165, 1.54) is 19.3 Å². The molecule has 1 unspecified atom stereocenters. The lowest BCUT2D eigenvalue weighted by Gasteiger charge is -2.10. The number of amides is 1. The number of hydrogen-bond acceptors (Lipinski definition) is 2. The molecule has 1 rings (SSSR count). The van der Waals surface area contributed by atoms with Crippen molar-refractivity contribution in [1.29, 1.82) is 0 Å². The first-order valence-electron chi connectivity index (χ1n) is 5.24. The van der Waals surface area contributed by atoms with Crippen molar-refractivity contribution in [2.75, 3.05) is 6.61 Å². The highest BCUT2D eigenvalue weighted by Gasteiger charge is 2.20. The molecule has 13 heavy (non-hydrogen) atoms. The fraction of sp³-hybridized carbons (Fsp3) is 0.900. The van der Waals surface area contributed by atoms with Crippen LogP contribution in [-0.4, -0.2) is 18.7 Å². The maximum atomic E-state index is 10.8. The van der Waals surface area contributed by atoms with Crippen LogP contribution in [0, 0.1) is 0 Å². The second-order valence-corrected chi connectivity index (χ2v) is 3.53. The molecule has 0 bridgehead atoms. The van der Waals surface area contributed by atoms with Gasteiger partial charge in [0.2, 0.25) is 5.91 Å². The highest BCUT2D eigenvalue weighted by Crippen LogP contribution is 2.08. The van der Waals surface area contributed by atoms with E-state index in [0.29, 0.717) is 6.42 Å². The van der Waals surface area contributed by atoms with E-state index in [0.717, 1.165) is 19.4 Å². The Bertz CT molecular complexity index is 159. The van der Waals surface area contributed by atoms with E-state index in [2.05, 4.69) is 12.2 Å². The predicted octanol–water partition coefficient (Wildman–Crippen LogP) is 1.82. The standard InChI is InChI=1S/C10H19NO2/c1-2-3-4-5-8-13-10-7-6-9(12)11-10/h10H,2-8H2,1H3,(H,11,12). The first-order chi connectivity index (χ1) is 6.33. The van der Waals surface area contributed by atoms with Gasteiger partial charge < -0.3 is 10.1 Å². The van der Waals surface area contributed by atoms with Gasteiger partial charge in [-0.2, -0.15) is 0 Å². The molecule has 1 N–H and O–H groups in total. The first-order valence-corrected chi connectivity index (χ1v) is 5.24. The molecule has 1 amide bonds. The summed E-state index contributed by atoms with van der Waals surface area (Å²) >= 11 is 0. The van der Waals surface area contributed by atoms with Crippen LogP contribution in [0.4, 0.5) is 0 Å². The summed E-state index contributed by atoms with van der Waals surface area (Å²) in [5.74, 6) is 0.124. The van der Waals surface area contributed by atoms with Gasteiger partial charge in [0.05, 0.1) is 0 Å². The molecule has 76 valence electrons. The van der Waals surface area contributed by atoms with E-state index >= 15 is 0 Å². The molecule has 1 aliphatic rings. The molecule has 1 saturated heterocycles. The summed E-state index contributed by atoms with van der Waals surface area (Å²) in [4.78, 5) is 10.8. The lowest BCUT2D eigenvalue weighted by Crippen LogP contribution is -2.28. The van der Waals surface area contributed by atoms with Crippen molar-refractivity contribution in [2.45, 2.75) is 51.7 Å². The average molecular weight is 185 g/mol. The van der Waals surface area contributed by atoms with Crippen LogP contribution in [0.5, 0.6) is 0 Å². The summed E-state index contributed by atoms with van der Waals surface area (Å²) in [5, 5.41) is 2.78. The third-order valence-corrected chi connectivity index (χ3v) is 2.27. The van der Waals surface area contributed by atoms with Crippen LogP contribution >= 0.6 is 0 Å². The summed E-state index contributed by atoms with van der Waals surface area (Å²) in [6.07, 6.45) is 6.33. The molecule has 0 aromatic carbocycles. The second-order valence-electron chi connectivity index (χ2n) is 3.53. The minimum absolute atomic E-state index is 0.00544. The molecular weight excluding hydrogens is 166 g/mol. The van der Waals surface area contributed by atoms with Gasteiger partial charge in [0, 0.05) is 19.4 Å². The number of hydrogen-bond donors (Lipinski definition) is 1. The summed E-state index contributed by atoms with van der Waals surface area (Å²) in [6.45, 7) is 2.98. The number of nitrogens with one attached hydrogen (secondary N) is 1. The molecule has 1 fully saturated rings. The van der Waals surface area contributed by atoms with Crippen molar-refractivity contribution >= 4 is 5.91 Å². The van der Waals surface area contributed by atoms with E-state index in [1.54, 1.807) is 0 Å². The van der Waals surface area contributed by atoms with Gasteiger partial charge in [-0.25, -0.2) is 0 Å². The Morgan fingerprint density at radius 3 is 2.92 bits per heavy atom. The fourth-order valence-electron chi connectivity index (χ4n) is 1.47. The minimum atomic E-state index is -0.00544. The Labute approximate surface area is 79.8 Å². The monoisotopic (exact) mass is 185 g/mol. The Hall–Kier alpha value is -0.570. The average Bonchev–Trinajstić information content (AvgIpc) is 2.51. The van der Waals surface area contributed by atoms with Gasteiger partial charge >= 0.3 is 0 Å². The van der Waals surface area contributed by atoms with Gasteiger partial charge in [-0.1, -0.05) is 26.2 Å². The van der Waals surface area contributed by atoms with Gasteiger partial charge in [-0.05, 0) is 6.42 Å². The second kappa shape index (κ2) is 5.97. The molecule has 0 aromatic rings. The predicted molar refractivity (Wildman–Crippen MR) is 51.3 cm³/mol. The Balaban J connectivity index is 1.91. The van der Waals surface area contributed by atoms with E-state index in [1.807, 2.05) is 0 Å². The van der Waals surface area contributed by atoms with Crippen molar-refractivity contribution in [1.82, 2.24) is 5.32 Å². The molecule has 1 heterocycles. The van der Waals surface area contributed by atoms with Gasteiger partial charge in [-0.15, -0.1) is 0 Å². The number of carbonyl (C=O) groups excluding carboxylic acids is 1. The molecule has 0 radical (unpaired) electrons. The molecule has 1 aliphatic heterocycles. The Morgan fingerprint density at radius 1 is 1.46 bits per heavy atom. The number of rotatable bonds is 6. The summed E-state index contributed by atoms with van der Waals surface area (Å²) < 4.78 is 5.49. The zero-order valence-electron chi connectivity index (χ0n) is 8.34. The first kappa shape index (κ1) is 10.5. The van der Waals surface area contributed by atoms with Crippen LogP contribution in [0.15, 0.2) is 0 Å². The van der Waals surface area contributed by atoms with Crippen molar-refractivity contribution in [3.8, 4) is 0 Å². The number of carbonyl (C=O) groups is 1. The highest BCUT2D eigenvalue weighted by atomic mass is 16.5. The van der Waals surface area contributed by atoms with Crippen molar-refractivity contribution in [2.24, 2.45) is 0 Å². The van der Waals surface area contributed by atoms with Gasteiger partial charge in [0.25, 0.3) is 0 Å². The largest absolute Gasteiger partial charge is 0.359 e. The summed E-state index contributed by atoms with van der Waals surface area (Å²) in [7, 11) is 0. The van der Waals surface area contributed by atoms with Gasteiger partial charge in [0.1, 0.15) is 6.23 Å². The quantitative estimate of drug-likeness (QED) is 0.641. The van der Waals surface area contributed by atoms with Crippen molar-refractivity contribution < 1.29 is 9.53 Å². The normalized spacial score (nSPS) is 21.9. The van der Waals surface area contributed by atoms with Gasteiger partial charge in [0.15, 0.2) is 0 Å². The molecule has 0 aliphatic carbocycles. The molecule has 1 atom stereocenters. The molecule has 0 aromatic heterocycles. The molecule has 0 saturated carbocycles. The van der Waals surface area contributed by atoms with E-state index in [-0.39, 0.29) is 12.1 Å². The summed E-state index contributed by atoms with van der Waals surface area (Å²) in [6, 6.07) is 0. The molecular formula is C10H19NO2. The maximum absolute atomic E-state index is 10.8. The SMILES string of the molecule is CCCCCCOC1CCC(=O)N1. The lowest BCUT2D eigenvalue weighted by atomic mass is 10.2. The minimum Gasteiger partial charge on any atom is -0.359 e. The molecule has 0 spiro atoms. The third kappa shape index (κ3) is 4.27. The summed E-state index contributed by atoms with van der Waals surface area (Å²) in [5.41, 5.74) is 0. The van der Waals surface area contributed by atoms with Crippen LogP contribution in [0.2, 0.25) is 0 Å². The zero-order chi connectivity index (χ0) is 9.52. The Kier molecular flexibility index (Phi) is 4.83. The van der Waals surface area contributed by atoms with Crippen LogP contribution in [0.1, 0.15) is 45.4 Å². The van der Waals surface area contributed by atoms with Crippen LogP contribution in [0.3, 0.4) is 0 Å². The van der Waals surface area contributed by atoms with Gasteiger partial charge in [-0.3, -0.25) is 4.79 Å². The number of ether oxygens (including phenoxy) is 1. The van der Waals surface area contributed by atoms with Crippen LogP contribution in [0.25, 0.3) is 0 Å². The smallest absolute Gasteiger partial charge is 0.222 e. The Morgan fingerprint density at radius 2 is 2.31 bits per heavy atom. The lowest BCUT2D eigenvalue weighted by molar-refractivity contribution is -0.120. The van der Waals surface area contributed by atoms with E-state index in [4.69, 9.17) is 4.74 Å². The molecule has 3 heteroatoms.